The first-order chi connectivity index (χ1) is 9.44. The lowest BCUT2D eigenvalue weighted by Gasteiger charge is -2.21. The molecule has 112 valence electrons. The molecule has 2 heterocycles. The second-order valence-corrected chi connectivity index (χ2v) is 6.16. The molecule has 2 N–H and O–H groups in total. The van der Waals surface area contributed by atoms with E-state index in [2.05, 4.69) is 9.88 Å². The molecule has 0 aromatic carbocycles. The van der Waals surface area contributed by atoms with Crippen LogP contribution in [0, 0.1) is 0 Å². The van der Waals surface area contributed by atoms with E-state index in [0.717, 1.165) is 6.54 Å². The Hall–Kier alpha value is -1.49. The minimum Gasteiger partial charge on any atom is -0.476 e. The SMILES string of the molecule is CC(C)(C)Oc1nc(OCCN2CCCC2)ccc1N. The number of hydrogen-bond donors (Lipinski definition) is 1. The average Bonchev–Trinajstić information content (AvgIpc) is 2.84. The molecule has 1 aliphatic heterocycles. The van der Waals surface area contributed by atoms with Crippen LogP contribution in [0.25, 0.3) is 0 Å². The smallest absolute Gasteiger partial charge is 0.241 e. The van der Waals surface area contributed by atoms with Crippen molar-refractivity contribution in [2.24, 2.45) is 0 Å². The summed E-state index contributed by atoms with van der Waals surface area (Å²) in [6.07, 6.45) is 2.59. The first-order valence-electron chi connectivity index (χ1n) is 7.25. The molecule has 1 aromatic rings. The average molecular weight is 279 g/mol. The van der Waals surface area contributed by atoms with Crippen molar-refractivity contribution in [3.63, 3.8) is 0 Å². The Morgan fingerprint density at radius 1 is 1.25 bits per heavy atom. The number of hydrogen-bond acceptors (Lipinski definition) is 5. The maximum absolute atomic E-state index is 5.87. The van der Waals surface area contributed by atoms with E-state index in [4.69, 9.17) is 15.2 Å². The Morgan fingerprint density at radius 3 is 2.60 bits per heavy atom. The van der Waals surface area contributed by atoms with Crippen LogP contribution in [0.15, 0.2) is 12.1 Å². The molecule has 1 aromatic heterocycles. The molecule has 0 saturated carbocycles. The zero-order valence-electron chi connectivity index (χ0n) is 12.7. The van der Waals surface area contributed by atoms with Crippen LogP contribution in [-0.2, 0) is 0 Å². The van der Waals surface area contributed by atoms with Gasteiger partial charge in [-0.1, -0.05) is 0 Å². The number of nitrogens with zero attached hydrogens (tertiary/aromatic N) is 2. The van der Waals surface area contributed by atoms with Gasteiger partial charge in [-0.3, -0.25) is 4.90 Å². The fraction of sp³-hybridized carbons (Fsp3) is 0.667. The Balaban J connectivity index is 1.89. The Labute approximate surface area is 121 Å². The predicted molar refractivity (Wildman–Crippen MR) is 80.2 cm³/mol. The van der Waals surface area contributed by atoms with Crippen LogP contribution in [0.4, 0.5) is 5.69 Å². The van der Waals surface area contributed by atoms with Crippen molar-refractivity contribution in [1.29, 1.82) is 0 Å². The quantitative estimate of drug-likeness (QED) is 0.896. The van der Waals surface area contributed by atoms with Gasteiger partial charge in [0.25, 0.3) is 0 Å². The minimum absolute atomic E-state index is 0.324. The van der Waals surface area contributed by atoms with Gasteiger partial charge in [-0.2, -0.15) is 4.98 Å². The number of anilines is 1. The van der Waals surface area contributed by atoms with Gasteiger partial charge in [-0.15, -0.1) is 0 Å². The molecule has 0 unspecified atom stereocenters. The summed E-state index contributed by atoms with van der Waals surface area (Å²) in [4.78, 5) is 6.74. The van der Waals surface area contributed by atoms with Crippen LogP contribution >= 0.6 is 0 Å². The molecule has 0 bridgehead atoms. The first kappa shape index (κ1) is 14.9. The predicted octanol–water partition coefficient (Wildman–Crippen LogP) is 2.32. The van der Waals surface area contributed by atoms with Gasteiger partial charge >= 0.3 is 0 Å². The van der Waals surface area contributed by atoms with E-state index in [-0.39, 0.29) is 5.60 Å². The highest BCUT2D eigenvalue weighted by atomic mass is 16.5. The number of likely N-dealkylation sites (tertiary alicyclic amines) is 1. The number of pyridine rings is 1. The fourth-order valence-electron chi connectivity index (χ4n) is 2.17. The molecule has 20 heavy (non-hydrogen) atoms. The maximum atomic E-state index is 5.87. The first-order valence-corrected chi connectivity index (χ1v) is 7.25. The van der Waals surface area contributed by atoms with Gasteiger partial charge in [-0.05, 0) is 52.8 Å². The van der Waals surface area contributed by atoms with Crippen LogP contribution in [0.5, 0.6) is 11.8 Å². The van der Waals surface area contributed by atoms with Crippen molar-refractivity contribution in [2.75, 3.05) is 32.0 Å². The van der Waals surface area contributed by atoms with Crippen LogP contribution in [0.2, 0.25) is 0 Å². The fourth-order valence-corrected chi connectivity index (χ4v) is 2.17. The van der Waals surface area contributed by atoms with Gasteiger partial charge in [0.05, 0.1) is 5.69 Å². The summed E-state index contributed by atoms with van der Waals surface area (Å²) < 4.78 is 11.4. The van der Waals surface area contributed by atoms with E-state index in [1.807, 2.05) is 20.8 Å². The summed E-state index contributed by atoms with van der Waals surface area (Å²) in [5.74, 6) is 1.01. The number of ether oxygens (including phenoxy) is 2. The molecule has 1 fully saturated rings. The Morgan fingerprint density at radius 2 is 1.95 bits per heavy atom. The monoisotopic (exact) mass is 279 g/mol. The van der Waals surface area contributed by atoms with E-state index in [0.29, 0.717) is 24.1 Å². The Kier molecular flexibility index (Phi) is 4.70. The summed E-state index contributed by atoms with van der Waals surface area (Å²) in [6.45, 7) is 9.85. The van der Waals surface area contributed by atoms with Crippen molar-refractivity contribution in [1.82, 2.24) is 9.88 Å². The molecule has 5 heteroatoms. The molecule has 0 radical (unpaired) electrons. The molecule has 0 atom stereocenters. The van der Waals surface area contributed by atoms with Crippen molar-refractivity contribution >= 4 is 5.69 Å². The van der Waals surface area contributed by atoms with Crippen molar-refractivity contribution < 1.29 is 9.47 Å². The van der Waals surface area contributed by atoms with Crippen molar-refractivity contribution in [3.05, 3.63) is 12.1 Å². The topological polar surface area (TPSA) is 60.6 Å². The highest BCUT2D eigenvalue weighted by molar-refractivity contribution is 5.49. The van der Waals surface area contributed by atoms with Crippen LogP contribution in [-0.4, -0.2) is 41.7 Å². The highest BCUT2D eigenvalue weighted by Gasteiger charge is 2.16. The van der Waals surface area contributed by atoms with Gasteiger partial charge in [0, 0.05) is 12.6 Å². The van der Waals surface area contributed by atoms with Gasteiger partial charge in [0.1, 0.15) is 12.2 Å². The van der Waals surface area contributed by atoms with E-state index in [1.165, 1.54) is 25.9 Å². The molecule has 1 saturated heterocycles. The zero-order valence-corrected chi connectivity index (χ0v) is 12.7. The van der Waals surface area contributed by atoms with E-state index in [1.54, 1.807) is 12.1 Å². The highest BCUT2D eigenvalue weighted by Crippen LogP contribution is 2.25. The molecule has 5 nitrogen and oxygen atoms in total. The van der Waals surface area contributed by atoms with Gasteiger partial charge in [0.15, 0.2) is 0 Å². The largest absolute Gasteiger partial charge is 0.476 e. The molecule has 0 aliphatic carbocycles. The van der Waals surface area contributed by atoms with Gasteiger partial charge in [-0.25, -0.2) is 0 Å². The van der Waals surface area contributed by atoms with Gasteiger partial charge < -0.3 is 15.2 Å². The number of nitrogen functional groups attached to an aromatic ring is 1. The summed E-state index contributed by atoms with van der Waals surface area (Å²) in [5, 5.41) is 0. The number of aromatic nitrogens is 1. The van der Waals surface area contributed by atoms with Crippen molar-refractivity contribution in [2.45, 2.75) is 39.2 Å². The third kappa shape index (κ3) is 4.56. The maximum Gasteiger partial charge on any atom is 0.241 e. The summed E-state index contributed by atoms with van der Waals surface area (Å²) in [6, 6.07) is 3.56. The van der Waals surface area contributed by atoms with E-state index in [9.17, 15) is 0 Å². The number of nitrogens with two attached hydrogens (primary N) is 1. The normalized spacial score (nSPS) is 16.4. The lowest BCUT2D eigenvalue weighted by molar-refractivity contribution is 0.123. The second kappa shape index (κ2) is 6.31. The third-order valence-electron chi connectivity index (χ3n) is 3.12. The number of rotatable bonds is 5. The summed E-state index contributed by atoms with van der Waals surface area (Å²) in [7, 11) is 0. The van der Waals surface area contributed by atoms with Crippen LogP contribution in [0.1, 0.15) is 33.6 Å². The summed E-state index contributed by atoms with van der Waals surface area (Å²) >= 11 is 0. The lowest BCUT2D eigenvalue weighted by atomic mass is 10.2. The Bertz CT molecular complexity index is 437. The summed E-state index contributed by atoms with van der Waals surface area (Å²) in [5.41, 5.74) is 6.08. The van der Waals surface area contributed by atoms with Crippen LogP contribution in [0.3, 0.4) is 0 Å². The van der Waals surface area contributed by atoms with Crippen LogP contribution < -0.4 is 15.2 Å². The standard InChI is InChI=1S/C15H25N3O2/c1-15(2,3)20-14-12(16)6-7-13(17-14)19-11-10-18-8-4-5-9-18/h6-7H,4-5,8-11,16H2,1-3H3. The van der Waals surface area contributed by atoms with E-state index < -0.39 is 0 Å². The third-order valence-corrected chi connectivity index (χ3v) is 3.12. The molecular weight excluding hydrogens is 254 g/mol. The second-order valence-electron chi connectivity index (χ2n) is 6.16. The van der Waals surface area contributed by atoms with E-state index >= 15 is 0 Å². The molecule has 0 spiro atoms. The van der Waals surface area contributed by atoms with Gasteiger partial charge in [0.2, 0.25) is 11.8 Å². The lowest BCUT2D eigenvalue weighted by Crippen LogP contribution is -2.26. The molecule has 2 rings (SSSR count). The molecular formula is C15H25N3O2. The molecule has 0 amide bonds. The zero-order chi connectivity index (χ0) is 14.6. The van der Waals surface area contributed by atoms with Crippen molar-refractivity contribution in [3.8, 4) is 11.8 Å². The molecule has 1 aliphatic rings. The minimum atomic E-state index is -0.324.